The van der Waals surface area contributed by atoms with Gasteiger partial charge in [-0.2, -0.15) is 0 Å². The van der Waals surface area contributed by atoms with E-state index >= 15 is 0 Å². The van der Waals surface area contributed by atoms with Crippen LogP contribution >= 0.6 is 0 Å². The Bertz CT molecular complexity index is 304. The minimum Gasteiger partial charge on any atom is -0.459 e. The van der Waals surface area contributed by atoms with Gasteiger partial charge in [0.2, 0.25) is 5.91 Å². The molecule has 1 aromatic rings. The molecule has 1 rings (SSSR count). The molecule has 1 aromatic heterocycles. The highest BCUT2D eigenvalue weighted by atomic mass is 16.3. The standard InChI is InChI=1S/C8H9NO4/c1-6(11)9(5-10)8(12)7-3-2-4-13-7/h2-4,10H,5H2,1H3. The van der Waals surface area contributed by atoms with E-state index in [1.165, 1.54) is 25.3 Å². The van der Waals surface area contributed by atoms with E-state index in [1.54, 1.807) is 0 Å². The van der Waals surface area contributed by atoms with Gasteiger partial charge < -0.3 is 9.52 Å². The molecule has 70 valence electrons. The fraction of sp³-hybridized carbons (Fsp3) is 0.250. The molecule has 0 aliphatic rings. The second-order valence-corrected chi connectivity index (χ2v) is 2.37. The largest absolute Gasteiger partial charge is 0.459 e. The summed E-state index contributed by atoms with van der Waals surface area (Å²) in [5.74, 6) is -1.13. The summed E-state index contributed by atoms with van der Waals surface area (Å²) >= 11 is 0. The van der Waals surface area contributed by atoms with Gasteiger partial charge in [-0.3, -0.25) is 14.5 Å². The summed E-state index contributed by atoms with van der Waals surface area (Å²) in [7, 11) is 0. The van der Waals surface area contributed by atoms with E-state index in [4.69, 9.17) is 9.52 Å². The lowest BCUT2D eigenvalue weighted by molar-refractivity contribution is -0.129. The van der Waals surface area contributed by atoms with Gasteiger partial charge in [0.05, 0.1) is 6.26 Å². The number of hydrogen-bond acceptors (Lipinski definition) is 4. The van der Waals surface area contributed by atoms with E-state index in [0.29, 0.717) is 4.90 Å². The normalized spacial score (nSPS) is 9.69. The Morgan fingerprint density at radius 1 is 1.62 bits per heavy atom. The zero-order valence-corrected chi connectivity index (χ0v) is 7.06. The lowest BCUT2D eigenvalue weighted by atomic mass is 10.4. The summed E-state index contributed by atoms with van der Waals surface area (Å²) in [6.07, 6.45) is 1.32. The minimum atomic E-state index is -0.644. The molecule has 0 saturated heterocycles. The van der Waals surface area contributed by atoms with Crippen molar-refractivity contribution in [1.82, 2.24) is 4.90 Å². The topological polar surface area (TPSA) is 70.8 Å². The zero-order valence-electron chi connectivity index (χ0n) is 7.06. The van der Waals surface area contributed by atoms with Crippen molar-refractivity contribution in [3.05, 3.63) is 24.2 Å². The third-order valence-corrected chi connectivity index (χ3v) is 1.50. The molecule has 2 amide bonds. The van der Waals surface area contributed by atoms with E-state index in [1.807, 2.05) is 0 Å². The van der Waals surface area contributed by atoms with Gasteiger partial charge >= 0.3 is 0 Å². The third kappa shape index (κ3) is 1.94. The van der Waals surface area contributed by atoms with Crippen LogP contribution < -0.4 is 0 Å². The first kappa shape index (κ1) is 9.47. The molecule has 13 heavy (non-hydrogen) atoms. The number of aliphatic hydroxyl groups is 1. The predicted octanol–water partition coefficient (Wildman–Crippen LogP) is 0.218. The number of nitrogens with zero attached hydrogens (tertiary/aromatic N) is 1. The van der Waals surface area contributed by atoms with Crippen LogP contribution in [0.3, 0.4) is 0 Å². The van der Waals surface area contributed by atoms with E-state index in [9.17, 15) is 9.59 Å². The molecule has 0 atom stereocenters. The van der Waals surface area contributed by atoms with Crippen molar-refractivity contribution >= 4 is 11.8 Å². The number of imide groups is 1. The predicted molar refractivity (Wildman–Crippen MR) is 42.6 cm³/mol. The van der Waals surface area contributed by atoms with Crippen molar-refractivity contribution in [2.24, 2.45) is 0 Å². The van der Waals surface area contributed by atoms with E-state index in [0.717, 1.165) is 0 Å². The van der Waals surface area contributed by atoms with Crippen LogP contribution in [0.25, 0.3) is 0 Å². The lowest BCUT2D eigenvalue weighted by Gasteiger charge is -2.13. The summed E-state index contributed by atoms with van der Waals surface area (Å²) in [6, 6.07) is 2.96. The SMILES string of the molecule is CC(=O)N(CO)C(=O)c1ccco1. The van der Waals surface area contributed by atoms with Crippen molar-refractivity contribution in [3.8, 4) is 0 Å². The molecule has 0 saturated carbocycles. The molecule has 1 N–H and O–H groups in total. The van der Waals surface area contributed by atoms with Crippen LogP contribution in [0.4, 0.5) is 0 Å². The van der Waals surface area contributed by atoms with Crippen LogP contribution in [-0.2, 0) is 4.79 Å². The highest BCUT2D eigenvalue weighted by Crippen LogP contribution is 2.04. The number of carbonyl (C=O) groups is 2. The minimum absolute atomic E-state index is 0.0317. The third-order valence-electron chi connectivity index (χ3n) is 1.50. The molecule has 0 bridgehead atoms. The van der Waals surface area contributed by atoms with Gasteiger partial charge in [-0.15, -0.1) is 0 Å². The van der Waals surface area contributed by atoms with Crippen molar-refractivity contribution in [2.75, 3.05) is 6.73 Å². The molecule has 0 unspecified atom stereocenters. The van der Waals surface area contributed by atoms with Crippen molar-refractivity contribution in [1.29, 1.82) is 0 Å². The average molecular weight is 183 g/mol. The summed E-state index contributed by atoms with van der Waals surface area (Å²) in [6.45, 7) is 0.548. The van der Waals surface area contributed by atoms with Crippen LogP contribution in [0.15, 0.2) is 22.8 Å². The monoisotopic (exact) mass is 183 g/mol. The summed E-state index contributed by atoms with van der Waals surface area (Å²) < 4.78 is 4.77. The van der Waals surface area contributed by atoms with E-state index in [-0.39, 0.29) is 5.76 Å². The maximum absolute atomic E-state index is 11.3. The van der Waals surface area contributed by atoms with Crippen molar-refractivity contribution < 1.29 is 19.1 Å². The Hall–Kier alpha value is -1.62. The van der Waals surface area contributed by atoms with E-state index in [2.05, 4.69) is 0 Å². The number of aliphatic hydroxyl groups excluding tert-OH is 1. The second-order valence-electron chi connectivity index (χ2n) is 2.37. The first-order valence-corrected chi connectivity index (χ1v) is 3.63. The number of rotatable bonds is 2. The van der Waals surface area contributed by atoms with E-state index < -0.39 is 18.5 Å². The Morgan fingerprint density at radius 3 is 2.69 bits per heavy atom. The molecular weight excluding hydrogens is 174 g/mol. The fourth-order valence-electron chi connectivity index (χ4n) is 0.840. The molecule has 0 aliphatic carbocycles. The number of furan rings is 1. The molecule has 0 aliphatic heterocycles. The van der Waals surface area contributed by atoms with Gasteiger partial charge in [-0.25, -0.2) is 0 Å². The zero-order chi connectivity index (χ0) is 9.84. The number of hydrogen-bond donors (Lipinski definition) is 1. The van der Waals surface area contributed by atoms with Crippen LogP contribution in [0.5, 0.6) is 0 Å². The molecule has 5 nitrogen and oxygen atoms in total. The molecule has 1 heterocycles. The van der Waals surface area contributed by atoms with Crippen LogP contribution in [-0.4, -0.2) is 28.6 Å². The van der Waals surface area contributed by atoms with Crippen LogP contribution in [0.1, 0.15) is 17.5 Å². The van der Waals surface area contributed by atoms with Gasteiger partial charge in [0.15, 0.2) is 5.76 Å². The maximum Gasteiger partial charge on any atom is 0.298 e. The number of carbonyl (C=O) groups excluding carboxylic acids is 2. The molecule has 0 spiro atoms. The molecule has 0 fully saturated rings. The van der Waals surface area contributed by atoms with Gasteiger partial charge in [-0.05, 0) is 12.1 Å². The highest BCUT2D eigenvalue weighted by Gasteiger charge is 2.20. The summed E-state index contributed by atoms with van der Waals surface area (Å²) in [5, 5.41) is 8.71. The molecule has 5 heteroatoms. The van der Waals surface area contributed by atoms with Crippen LogP contribution in [0.2, 0.25) is 0 Å². The van der Waals surface area contributed by atoms with Gasteiger partial charge in [0.1, 0.15) is 6.73 Å². The lowest BCUT2D eigenvalue weighted by Crippen LogP contribution is -2.35. The smallest absolute Gasteiger partial charge is 0.298 e. The summed E-state index contributed by atoms with van der Waals surface area (Å²) in [4.78, 5) is 22.8. The first-order chi connectivity index (χ1) is 6.16. The Labute approximate surface area is 74.6 Å². The first-order valence-electron chi connectivity index (χ1n) is 3.63. The van der Waals surface area contributed by atoms with Crippen molar-refractivity contribution in [2.45, 2.75) is 6.92 Å². The van der Waals surface area contributed by atoms with Gasteiger partial charge in [-0.1, -0.05) is 0 Å². The van der Waals surface area contributed by atoms with Gasteiger partial charge in [0, 0.05) is 6.92 Å². The second kappa shape index (κ2) is 3.86. The quantitative estimate of drug-likeness (QED) is 0.665. The van der Waals surface area contributed by atoms with Crippen LogP contribution in [0, 0.1) is 0 Å². The van der Waals surface area contributed by atoms with Crippen molar-refractivity contribution in [3.63, 3.8) is 0 Å². The highest BCUT2D eigenvalue weighted by molar-refractivity contribution is 6.02. The Morgan fingerprint density at radius 2 is 2.31 bits per heavy atom. The maximum atomic E-state index is 11.3. The fourth-order valence-corrected chi connectivity index (χ4v) is 0.840. The number of amides is 2. The average Bonchev–Trinajstić information content (AvgIpc) is 2.56. The van der Waals surface area contributed by atoms with Gasteiger partial charge in [0.25, 0.3) is 5.91 Å². The molecule has 0 radical (unpaired) electrons. The Balaban J connectivity index is 2.83. The molecular formula is C8H9NO4. The Kier molecular flexibility index (Phi) is 2.81. The molecule has 0 aromatic carbocycles. The summed E-state index contributed by atoms with van der Waals surface area (Å²) in [5.41, 5.74) is 0.